The number of rotatable bonds is 5. The topological polar surface area (TPSA) is 73.2 Å². The summed E-state index contributed by atoms with van der Waals surface area (Å²) < 4.78 is 6.71. The molecule has 6 nitrogen and oxygen atoms in total. The van der Waals surface area contributed by atoms with Gasteiger partial charge in [0.1, 0.15) is 6.04 Å². The lowest BCUT2D eigenvalue weighted by molar-refractivity contribution is -0.148. The highest BCUT2D eigenvalue weighted by Crippen LogP contribution is 2.20. The number of benzene rings is 1. The molecule has 0 saturated heterocycles. The molecule has 0 aliphatic heterocycles. The van der Waals surface area contributed by atoms with Crippen LogP contribution in [0.15, 0.2) is 30.6 Å². The molecule has 0 saturated carbocycles. The SMILES string of the molecule is COC(=O)[C@@H](NC(=O)CCn1cnc2ccccc21)C(C)(C)C. The maximum atomic E-state index is 12.2. The van der Waals surface area contributed by atoms with E-state index in [-0.39, 0.29) is 12.3 Å². The van der Waals surface area contributed by atoms with Gasteiger partial charge in [0, 0.05) is 13.0 Å². The summed E-state index contributed by atoms with van der Waals surface area (Å²) in [5.41, 5.74) is 1.47. The average molecular weight is 317 g/mol. The Morgan fingerprint density at radius 1 is 1.30 bits per heavy atom. The Balaban J connectivity index is 2.00. The zero-order valence-electron chi connectivity index (χ0n) is 14.0. The van der Waals surface area contributed by atoms with Crippen molar-refractivity contribution in [3.63, 3.8) is 0 Å². The number of para-hydroxylation sites is 2. The van der Waals surface area contributed by atoms with Crippen LogP contribution >= 0.6 is 0 Å². The molecule has 23 heavy (non-hydrogen) atoms. The molecular weight excluding hydrogens is 294 g/mol. The van der Waals surface area contributed by atoms with Gasteiger partial charge in [-0.2, -0.15) is 0 Å². The standard InChI is InChI=1S/C17H23N3O3/c1-17(2,3)15(16(22)23-4)19-14(21)9-10-20-11-18-12-7-5-6-8-13(12)20/h5-8,11,15H,9-10H2,1-4H3,(H,19,21)/t15-/m1/s1. The summed E-state index contributed by atoms with van der Waals surface area (Å²) in [7, 11) is 1.32. The van der Waals surface area contributed by atoms with Gasteiger partial charge in [0.2, 0.25) is 5.91 Å². The van der Waals surface area contributed by atoms with Crippen molar-refractivity contribution in [1.29, 1.82) is 0 Å². The second-order valence-corrected chi connectivity index (χ2v) is 6.57. The number of ether oxygens (including phenoxy) is 1. The number of aryl methyl sites for hydroxylation is 1. The van der Waals surface area contributed by atoms with E-state index >= 15 is 0 Å². The minimum Gasteiger partial charge on any atom is -0.467 e. The number of esters is 1. The predicted molar refractivity (Wildman–Crippen MR) is 87.8 cm³/mol. The van der Waals surface area contributed by atoms with Gasteiger partial charge in [-0.15, -0.1) is 0 Å². The third-order valence-corrected chi connectivity index (χ3v) is 3.72. The summed E-state index contributed by atoms with van der Waals surface area (Å²) in [5, 5.41) is 2.77. The molecule has 2 rings (SSSR count). The minimum absolute atomic E-state index is 0.187. The molecular formula is C17H23N3O3. The van der Waals surface area contributed by atoms with Gasteiger partial charge in [-0.25, -0.2) is 9.78 Å². The van der Waals surface area contributed by atoms with Crippen molar-refractivity contribution in [2.75, 3.05) is 7.11 Å². The Labute approximate surface area is 135 Å². The lowest BCUT2D eigenvalue weighted by Gasteiger charge is -2.29. The lowest BCUT2D eigenvalue weighted by Crippen LogP contribution is -2.49. The molecule has 1 aromatic heterocycles. The normalized spacial score (nSPS) is 12.9. The molecule has 0 bridgehead atoms. The van der Waals surface area contributed by atoms with Crippen LogP contribution in [-0.4, -0.2) is 34.6 Å². The van der Waals surface area contributed by atoms with E-state index in [2.05, 4.69) is 10.3 Å². The van der Waals surface area contributed by atoms with Crippen LogP contribution in [0.2, 0.25) is 0 Å². The maximum Gasteiger partial charge on any atom is 0.328 e. The Morgan fingerprint density at radius 2 is 2.00 bits per heavy atom. The molecule has 0 aliphatic carbocycles. The summed E-state index contributed by atoms with van der Waals surface area (Å²) >= 11 is 0. The Bertz CT molecular complexity index is 700. The molecule has 0 spiro atoms. The first kappa shape index (κ1) is 17.0. The van der Waals surface area contributed by atoms with Gasteiger partial charge < -0.3 is 14.6 Å². The second-order valence-electron chi connectivity index (χ2n) is 6.57. The van der Waals surface area contributed by atoms with E-state index in [4.69, 9.17) is 4.74 Å². The first-order valence-corrected chi connectivity index (χ1v) is 7.60. The van der Waals surface area contributed by atoms with Crippen molar-refractivity contribution in [1.82, 2.24) is 14.9 Å². The molecule has 124 valence electrons. The van der Waals surface area contributed by atoms with E-state index in [1.165, 1.54) is 7.11 Å². The average Bonchev–Trinajstić information content (AvgIpc) is 2.92. The molecule has 0 unspecified atom stereocenters. The van der Waals surface area contributed by atoms with Crippen LogP contribution in [0, 0.1) is 5.41 Å². The molecule has 1 aromatic carbocycles. The van der Waals surface area contributed by atoms with Crippen molar-refractivity contribution in [3.05, 3.63) is 30.6 Å². The van der Waals surface area contributed by atoms with Gasteiger partial charge in [0.15, 0.2) is 0 Å². The number of nitrogens with zero attached hydrogens (tertiary/aromatic N) is 2. The highest BCUT2D eigenvalue weighted by atomic mass is 16.5. The number of fused-ring (bicyclic) bond motifs is 1. The fourth-order valence-corrected chi connectivity index (χ4v) is 2.39. The monoisotopic (exact) mass is 317 g/mol. The zero-order chi connectivity index (χ0) is 17.0. The molecule has 1 atom stereocenters. The molecule has 0 radical (unpaired) electrons. The zero-order valence-corrected chi connectivity index (χ0v) is 14.0. The smallest absolute Gasteiger partial charge is 0.328 e. The van der Waals surface area contributed by atoms with Crippen molar-refractivity contribution < 1.29 is 14.3 Å². The Morgan fingerprint density at radius 3 is 2.65 bits per heavy atom. The number of amides is 1. The summed E-state index contributed by atoms with van der Waals surface area (Å²) in [6.07, 6.45) is 1.99. The molecule has 6 heteroatoms. The Kier molecular flexibility index (Phi) is 5.03. The number of nitrogens with one attached hydrogen (secondary N) is 1. The van der Waals surface area contributed by atoms with E-state index in [1.807, 2.05) is 49.6 Å². The number of carbonyl (C=O) groups is 2. The minimum atomic E-state index is -0.667. The van der Waals surface area contributed by atoms with Gasteiger partial charge in [0.05, 0.1) is 24.5 Å². The largest absolute Gasteiger partial charge is 0.467 e. The molecule has 1 N–H and O–H groups in total. The van der Waals surface area contributed by atoms with Crippen LogP contribution in [0.4, 0.5) is 0 Å². The van der Waals surface area contributed by atoms with Gasteiger partial charge in [0.25, 0.3) is 0 Å². The fraction of sp³-hybridized carbons (Fsp3) is 0.471. The Hall–Kier alpha value is -2.37. The third kappa shape index (κ3) is 4.09. The molecule has 2 aromatic rings. The van der Waals surface area contributed by atoms with Gasteiger partial charge >= 0.3 is 5.97 Å². The van der Waals surface area contributed by atoms with E-state index in [1.54, 1.807) is 6.33 Å². The summed E-state index contributed by atoms with van der Waals surface area (Å²) in [4.78, 5) is 28.3. The van der Waals surface area contributed by atoms with E-state index in [0.717, 1.165) is 11.0 Å². The third-order valence-electron chi connectivity index (χ3n) is 3.72. The van der Waals surface area contributed by atoms with Crippen molar-refractivity contribution in [2.45, 2.75) is 39.8 Å². The number of aromatic nitrogens is 2. The van der Waals surface area contributed by atoms with E-state index < -0.39 is 17.4 Å². The summed E-state index contributed by atoms with van der Waals surface area (Å²) in [6, 6.07) is 7.09. The summed E-state index contributed by atoms with van der Waals surface area (Å²) in [6.45, 7) is 6.17. The van der Waals surface area contributed by atoms with Gasteiger partial charge in [-0.05, 0) is 17.5 Å². The molecule has 0 aliphatic rings. The molecule has 1 heterocycles. The van der Waals surface area contributed by atoms with Crippen molar-refractivity contribution >= 4 is 22.9 Å². The second kappa shape index (κ2) is 6.81. The van der Waals surface area contributed by atoms with E-state index in [9.17, 15) is 9.59 Å². The van der Waals surface area contributed by atoms with Crippen LogP contribution < -0.4 is 5.32 Å². The predicted octanol–water partition coefficient (Wildman–Crippen LogP) is 2.13. The van der Waals surface area contributed by atoms with Crippen LogP contribution in [0.5, 0.6) is 0 Å². The molecule has 1 amide bonds. The number of hydrogen-bond acceptors (Lipinski definition) is 4. The number of methoxy groups -OCH3 is 1. The number of hydrogen-bond donors (Lipinski definition) is 1. The highest BCUT2D eigenvalue weighted by molar-refractivity contribution is 5.85. The van der Waals surface area contributed by atoms with Crippen molar-refractivity contribution in [3.8, 4) is 0 Å². The van der Waals surface area contributed by atoms with Crippen molar-refractivity contribution in [2.24, 2.45) is 5.41 Å². The summed E-state index contributed by atoms with van der Waals surface area (Å²) in [5.74, 6) is -0.618. The quantitative estimate of drug-likeness (QED) is 0.857. The van der Waals surface area contributed by atoms with Crippen LogP contribution in [-0.2, 0) is 20.9 Å². The van der Waals surface area contributed by atoms with E-state index in [0.29, 0.717) is 6.54 Å². The maximum absolute atomic E-state index is 12.2. The van der Waals surface area contributed by atoms with Crippen LogP contribution in [0.1, 0.15) is 27.2 Å². The number of carbonyl (C=O) groups excluding carboxylic acids is 2. The fourth-order valence-electron chi connectivity index (χ4n) is 2.39. The van der Waals surface area contributed by atoms with Gasteiger partial charge in [-0.3, -0.25) is 4.79 Å². The number of imidazole rings is 1. The lowest BCUT2D eigenvalue weighted by atomic mass is 9.86. The van der Waals surface area contributed by atoms with Crippen LogP contribution in [0.25, 0.3) is 11.0 Å². The first-order valence-electron chi connectivity index (χ1n) is 7.60. The van der Waals surface area contributed by atoms with Gasteiger partial charge in [-0.1, -0.05) is 32.9 Å². The highest BCUT2D eigenvalue weighted by Gasteiger charge is 2.33. The van der Waals surface area contributed by atoms with Crippen LogP contribution in [0.3, 0.4) is 0 Å². The first-order chi connectivity index (χ1) is 10.8. The molecule has 0 fully saturated rings.